The van der Waals surface area contributed by atoms with Crippen molar-refractivity contribution < 1.29 is 19.1 Å². The van der Waals surface area contributed by atoms with Gasteiger partial charge in [-0.3, -0.25) is 4.79 Å². The molecule has 140 valence electrons. The van der Waals surface area contributed by atoms with Gasteiger partial charge in [-0.05, 0) is 12.5 Å². The first-order valence-corrected chi connectivity index (χ1v) is 8.81. The summed E-state index contributed by atoms with van der Waals surface area (Å²) in [7, 11) is 1.68. The van der Waals surface area contributed by atoms with Gasteiger partial charge in [-0.2, -0.15) is 0 Å². The summed E-state index contributed by atoms with van der Waals surface area (Å²) in [4.78, 5) is 32.8. The summed E-state index contributed by atoms with van der Waals surface area (Å²) in [5.41, 5.74) is 1.71. The molecule has 0 aliphatic carbocycles. The molecular formula is C20H21N3O4. The maximum absolute atomic E-state index is 12.7. The summed E-state index contributed by atoms with van der Waals surface area (Å²) in [6.45, 7) is 2.49. The number of benzene rings is 1. The van der Waals surface area contributed by atoms with Crippen LogP contribution in [0, 0.1) is 0 Å². The molecule has 2 aromatic heterocycles. The molecule has 0 bridgehead atoms. The summed E-state index contributed by atoms with van der Waals surface area (Å²) >= 11 is 0. The van der Waals surface area contributed by atoms with Crippen molar-refractivity contribution >= 4 is 22.8 Å². The number of carboxylic acid groups (broad SMARTS) is 1. The number of furan rings is 1. The molecule has 0 saturated carbocycles. The number of rotatable bonds is 7. The lowest BCUT2D eigenvalue weighted by Crippen LogP contribution is -2.27. The van der Waals surface area contributed by atoms with Gasteiger partial charge in [0.1, 0.15) is 17.0 Å². The number of aromatic nitrogens is 2. The number of nitrogens with zero attached hydrogens (tertiary/aromatic N) is 3. The Morgan fingerprint density at radius 3 is 2.52 bits per heavy atom. The maximum Gasteiger partial charge on any atom is 0.356 e. The van der Waals surface area contributed by atoms with Gasteiger partial charge < -0.3 is 14.4 Å². The summed E-state index contributed by atoms with van der Waals surface area (Å²) in [6.07, 6.45) is 5.15. The van der Waals surface area contributed by atoms with Gasteiger partial charge in [0.2, 0.25) is 0 Å². The van der Waals surface area contributed by atoms with Crippen LogP contribution in [0.1, 0.15) is 52.1 Å². The van der Waals surface area contributed by atoms with Gasteiger partial charge in [-0.1, -0.05) is 31.5 Å². The van der Waals surface area contributed by atoms with E-state index in [4.69, 9.17) is 9.52 Å². The fourth-order valence-corrected chi connectivity index (χ4v) is 2.92. The average molecular weight is 367 g/mol. The second-order valence-corrected chi connectivity index (χ2v) is 6.36. The van der Waals surface area contributed by atoms with Crippen LogP contribution >= 0.6 is 0 Å². The van der Waals surface area contributed by atoms with Gasteiger partial charge in [0.25, 0.3) is 5.91 Å². The quantitative estimate of drug-likeness (QED) is 0.686. The topological polar surface area (TPSA) is 96.5 Å². The highest BCUT2D eigenvalue weighted by atomic mass is 16.4. The van der Waals surface area contributed by atoms with E-state index in [1.54, 1.807) is 7.05 Å². The van der Waals surface area contributed by atoms with Gasteiger partial charge in [-0.15, -0.1) is 0 Å². The number of para-hydroxylation sites is 1. The van der Waals surface area contributed by atoms with Gasteiger partial charge in [0.05, 0.1) is 12.4 Å². The Hall–Kier alpha value is -3.22. The largest absolute Gasteiger partial charge is 0.476 e. The van der Waals surface area contributed by atoms with Crippen molar-refractivity contribution in [2.45, 2.75) is 32.7 Å². The van der Waals surface area contributed by atoms with Crippen molar-refractivity contribution in [3.8, 4) is 0 Å². The molecule has 7 heteroatoms. The monoisotopic (exact) mass is 367 g/mol. The lowest BCUT2D eigenvalue weighted by molar-refractivity contribution is 0.0687. The second-order valence-electron chi connectivity index (χ2n) is 6.36. The number of aromatic carboxylic acids is 1. The molecule has 3 aromatic rings. The molecule has 0 unspecified atom stereocenters. The summed E-state index contributed by atoms with van der Waals surface area (Å²) in [5, 5.41) is 9.88. The van der Waals surface area contributed by atoms with Crippen LogP contribution in [0.4, 0.5) is 0 Å². The third kappa shape index (κ3) is 3.97. The van der Waals surface area contributed by atoms with Crippen LogP contribution < -0.4 is 0 Å². The minimum Gasteiger partial charge on any atom is -0.476 e. The summed E-state index contributed by atoms with van der Waals surface area (Å²) in [6, 6.07) is 7.78. The number of aryl methyl sites for hydroxylation is 1. The first-order valence-electron chi connectivity index (χ1n) is 8.81. The highest BCUT2D eigenvalue weighted by Gasteiger charge is 2.20. The normalized spacial score (nSPS) is 10.9. The number of unbranched alkanes of at least 4 members (excludes halogenated alkanes) is 1. The lowest BCUT2D eigenvalue weighted by atomic mass is 10.1. The van der Waals surface area contributed by atoms with Crippen LogP contribution in [0.2, 0.25) is 0 Å². The first-order chi connectivity index (χ1) is 13.0. The average Bonchev–Trinajstić information content (AvgIpc) is 3.03. The van der Waals surface area contributed by atoms with Crippen LogP contribution in [0.3, 0.4) is 0 Å². The van der Waals surface area contributed by atoms with Gasteiger partial charge >= 0.3 is 5.97 Å². The van der Waals surface area contributed by atoms with E-state index in [0.29, 0.717) is 6.54 Å². The third-order valence-electron chi connectivity index (χ3n) is 4.37. The molecule has 2 heterocycles. The zero-order valence-electron chi connectivity index (χ0n) is 15.3. The molecule has 0 aliphatic heterocycles. The first kappa shape index (κ1) is 18.6. The molecule has 0 atom stereocenters. The Bertz CT molecular complexity index is 963. The number of amides is 1. The smallest absolute Gasteiger partial charge is 0.356 e. The van der Waals surface area contributed by atoms with E-state index in [9.17, 15) is 9.59 Å². The molecule has 1 N–H and O–H groups in total. The molecule has 1 aromatic carbocycles. The fourth-order valence-electron chi connectivity index (χ4n) is 2.92. The lowest BCUT2D eigenvalue weighted by Gasteiger charge is -2.17. The number of carboxylic acids is 1. The standard InChI is InChI=1S/C20H21N3O4/c1-3-4-8-18-14(13-7-5-6-9-17(13)27-18)12-23(2)19(24)15-10-22-16(11-21-15)20(25)26/h5-7,9-11H,3-4,8,12H2,1-2H3,(H,25,26). The summed E-state index contributed by atoms with van der Waals surface area (Å²) < 4.78 is 6.00. The molecule has 1 amide bonds. The van der Waals surface area contributed by atoms with Crippen LogP contribution in [0.15, 0.2) is 41.1 Å². The van der Waals surface area contributed by atoms with E-state index >= 15 is 0 Å². The molecular weight excluding hydrogens is 346 g/mol. The molecule has 3 rings (SSSR count). The predicted molar refractivity (Wildman–Crippen MR) is 99.6 cm³/mol. The Balaban J connectivity index is 1.85. The maximum atomic E-state index is 12.7. The minimum atomic E-state index is -1.18. The van der Waals surface area contributed by atoms with Gasteiger partial charge in [0.15, 0.2) is 5.69 Å². The minimum absolute atomic E-state index is 0.102. The highest BCUT2D eigenvalue weighted by Crippen LogP contribution is 2.28. The number of carbonyl (C=O) groups is 2. The number of hydrogen-bond donors (Lipinski definition) is 1. The van der Waals surface area contributed by atoms with Crippen LogP contribution in [0.5, 0.6) is 0 Å². The van der Waals surface area contributed by atoms with Gasteiger partial charge in [0, 0.05) is 31.0 Å². The molecule has 0 spiro atoms. The highest BCUT2D eigenvalue weighted by molar-refractivity contribution is 5.93. The van der Waals surface area contributed by atoms with Crippen molar-refractivity contribution in [3.63, 3.8) is 0 Å². The van der Waals surface area contributed by atoms with Crippen molar-refractivity contribution in [2.24, 2.45) is 0 Å². The van der Waals surface area contributed by atoms with Gasteiger partial charge in [-0.25, -0.2) is 14.8 Å². The van der Waals surface area contributed by atoms with E-state index in [1.165, 1.54) is 11.1 Å². The zero-order valence-corrected chi connectivity index (χ0v) is 15.3. The molecule has 7 nitrogen and oxygen atoms in total. The SMILES string of the molecule is CCCCc1oc2ccccc2c1CN(C)C(=O)c1cnc(C(=O)O)cn1. The second kappa shape index (κ2) is 7.99. The third-order valence-corrected chi connectivity index (χ3v) is 4.37. The van der Waals surface area contributed by atoms with Crippen molar-refractivity contribution in [1.29, 1.82) is 0 Å². The Morgan fingerprint density at radius 1 is 1.15 bits per heavy atom. The number of fused-ring (bicyclic) bond motifs is 1. The molecule has 0 saturated heterocycles. The Labute approximate surface area is 156 Å². The zero-order chi connectivity index (χ0) is 19.4. The summed E-state index contributed by atoms with van der Waals surface area (Å²) in [5.74, 6) is -0.614. The van der Waals surface area contributed by atoms with E-state index in [-0.39, 0.29) is 17.3 Å². The Morgan fingerprint density at radius 2 is 1.85 bits per heavy atom. The number of carbonyl (C=O) groups excluding carboxylic acids is 1. The van der Waals surface area contributed by atoms with Crippen molar-refractivity contribution in [3.05, 3.63) is 59.4 Å². The van der Waals surface area contributed by atoms with Crippen molar-refractivity contribution in [1.82, 2.24) is 14.9 Å². The molecule has 0 aliphatic rings. The van der Waals surface area contributed by atoms with Crippen molar-refractivity contribution in [2.75, 3.05) is 7.05 Å². The van der Waals surface area contributed by atoms with Crippen LogP contribution in [-0.4, -0.2) is 38.9 Å². The van der Waals surface area contributed by atoms with E-state index < -0.39 is 5.97 Å². The molecule has 0 radical (unpaired) electrons. The van der Waals surface area contributed by atoms with E-state index in [0.717, 1.165) is 47.8 Å². The number of hydrogen-bond acceptors (Lipinski definition) is 5. The van der Waals surface area contributed by atoms with Crippen LogP contribution in [-0.2, 0) is 13.0 Å². The molecule has 27 heavy (non-hydrogen) atoms. The Kier molecular flexibility index (Phi) is 5.49. The predicted octanol–water partition coefficient (Wildman–Crippen LogP) is 3.54. The van der Waals surface area contributed by atoms with E-state index in [2.05, 4.69) is 16.9 Å². The van der Waals surface area contributed by atoms with Crippen LogP contribution in [0.25, 0.3) is 11.0 Å². The van der Waals surface area contributed by atoms with E-state index in [1.807, 2.05) is 24.3 Å². The fraction of sp³-hybridized carbons (Fsp3) is 0.300. The molecule has 0 fully saturated rings.